The first-order chi connectivity index (χ1) is 13.7. The molecule has 0 saturated carbocycles. The minimum atomic E-state index is -4.42. The number of esters is 1. The lowest BCUT2D eigenvalue weighted by atomic mass is 9.92. The van der Waals surface area contributed by atoms with Crippen LogP contribution in [0.5, 0.6) is 0 Å². The Labute approximate surface area is 176 Å². The molecule has 0 unspecified atom stereocenters. The summed E-state index contributed by atoms with van der Waals surface area (Å²) in [7, 11) is -4.42. The zero-order valence-corrected chi connectivity index (χ0v) is 17.9. The quantitative estimate of drug-likeness (QED) is 0.253. The molecule has 10 heteroatoms. The summed E-state index contributed by atoms with van der Waals surface area (Å²) in [5, 5.41) is 11.2. The number of nitrogens with one attached hydrogen (secondary N) is 1. The van der Waals surface area contributed by atoms with Crippen LogP contribution in [0.25, 0.3) is 0 Å². The maximum Gasteiger partial charge on any atom is 0.325 e. The van der Waals surface area contributed by atoms with Gasteiger partial charge < -0.3 is 4.74 Å². The molecule has 2 rings (SSSR count). The SMILES string of the molecule is C=C[C@@H](c1ccc(Br)cc1)[C@H](NS(=O)(=O)c1ccccc1[N+](=O)[O-])C(=O)OCC. The van der Waals surface area contributed by atoms with Gasteiger partial charge >= 0.3 is 5.97 Å². The fourth-order valence-electron chi connectivity index (χ4n) is 2.72. The fourth-order valence-corrected chi connectivity index (χ4v) is 4.36. The second-order valence-corrected chi connectivity index (χ2v) is 8.49. The van der Waals surface area contributed by atoms with Crippen molar-refractivity contribution in [3.8, 4) is 0 Å². The number of hydrogen-bond acceptors (Lipinski definition) is 6. The van der Waals surface area contributed by atoms with Gasteiger partial charge in [0.2, 0.25) is 10.0 Å². The molecule has 154 valence electrons. The molecule has 8 nitrogen and oxygen atoms in total. The molecule has 0 aliphatic heterocycles. The van der Waals surface area contributed by atoms with E-state index in [4.69, 9.17) is 4.74 Å². The number of rotatable bonds is 9. The number of para-hydroxylation sites is 1. The van der Waals surface area contributed by atoms with Crippen LogP contribution in [-0.2, 0) is 19.6 Å². The number of carbonyl (C=O) groups is 1. The minimum absolute atomic E-state index is 0.0345. The Kier molecular flexibility index (Phi) is 7.66. The van der Waals surface area contributed by atoms with Crippen molar-refractivity contribution in [1.29, 1.82) is 0 Å². The van der Waals surface area contributed by atoms with Crippen molar-refractivity contribution in [2.75, 3.05) is 6.61 Å². The number of nitro groups is 1. The Hall–Kier alpha value is -2.56. The van der Waals surface area contributed by atoms with Crippen molar-refractivity contribution in [1.82, 2.24) is 4.72 Å². The number of carbonyl (C=O) groups excluding carboxylic acids is 1. The number of nitro benzene ring substituents is 1. The Morgan fingerprint density at radius 3 is 2.45 bits per heavy atom. The number of hydrogen-bond donors (Lipinski definition) is 1. The summed E-state index contributed by atoms with van der Waals surface area (Å²) in [6.45, 7) is 5.34. The second kappa shape index (κ2) is 9.77. The van der Waals surface area contributed by atoms with E-state index in [1.165, 1.54) is 18.2 Å². The Morgan fingerprint density at radius 1 is 1.28 bits per heavy atom. The Bertz CT molecular complexity index is 1010. The van der Waals surface area contributed by atoms with Gasteiger partial charge in [0.05, 0.1) is 11.5 Å². The minimum Gasteiger partial charge on any atom is -0.465 e. The number of halogens is 1. The van der Waals surface area contributed by atoms with Gasteiger partial charge in [-0.1, -0.05) is 46.3 Å². The topological polar surface area (TPSA) is 116 Å². The van der Waals surface area contributed by atoms with E-state index in [0.717, 1.165) is 16.6 Å². The third kappa shape index (κ3) is 5.49. The Morgan fingerprint density at radius 2 is 1.90 bits per heavy atom. The fraction of sp³-hybridized carbons (Fsp3) is 0.211. The molecular formula is C19H19BrN2O6S. The molecule has 0 fully saturated rings. The standard InChI is InChI=1S/C19H19BrN2O6S/c1-3-15(13-9-11-14(20)12-10-13)18(19(23)28-4-2)21-29(26,27)17-8-6-5-7-16(17)22(24)25/h3,5-12,15,18,21H,1,4H2,2H3/t15-,18-/m0/s1. The summed E-state index contributed by atoms with van der Waals surface area (Å²) in [6, 6.07) is 10.4. The van der Waals surface area contributed by atoms with Crippen LogP contribution < -0.4 is 4.72 Å². The van der Waals surface area contributed by atoms with Crippen LogP contribution in [0, 0.1) is 10.1 Å². The van der Waals surface area contributed by atoms with Gasteiger partial charge in [0, 0.05) is 16.5 Å². The van der Waals surface area contributed by atoms with Crippen LogP contribution >= 0.6 is 15.9 Å². The van der Waals surface area contributed by atoms with Crippen molar-refractivity contribution >= 4 is 37.6 Å². The molecule has 2 aromatic rings. The van der Waals surface area contributed by atoms with Gasteiger partial charge in [-0.25, -0.2) is 8.42 Å². The molecule has 0 amide bonds. The largest absolute Gasteiger partial charge is 0.465 e. The zero-order chi connectivity index (χ0) is 21.6. The van der Waals surface area contributed by atoms with Gasteiger partial charge in [-0.2, -0.15) is 4.72 Å². The van der Waals surface area contributed by atoms with E-state index in [0.29, 0.717) is 5.56 Å². The van der Waals surface area contributed by atoms with Crippen LogP contribution in [-0.4, -0.2) is 32.0 Å². The van der Waals surface area contributed by atoms with Gasteiger partial charge in [0.25, 0.3) is 5.69 Å². The van der Waals surface area contributed by atoms with Gasteiger partial charge in [0.15, 0.2) is 4.90 Å². The van der Waals surface area contributed by atoms with Crippen LogP contribution in [0.1, 0.15) is 18.4 Å². The highest BCUT2D eigenvalue weighted by molar-refractivity contribution is 9.10. The molecule has 1 N–H and O–H groups in total. The molecule has 0 heterocycles. The first-order valence-electron chi connectivity index (χ1n) is 8.51. The van der Waals surface area contributed by atoms with Crippen molar-refractivity contribution in [2.45, 2.75) is 23.8 Å². The number of benzene rings is 2. The molecule has 2 atom stereocenters. The molecule has 29 heavy (non-hydrogen) atoms. The smallest absolute Gasteiger partial charge is 0.325 e. The summed E-state index contributed by atoms with van der Waals surface area (Å²) in [5.74, 6) is -1.58. The lowest BCUT2D eigenvalue weighted by Crippen LogP contribution is -2.45. The van der Waals surface area contributed by atoms with Gasteiger partial charge in [-0.15, -0.1) is 6.58 Å². The normalized spacial score (nSPS) is 13.3. The zero-order valence-electron chi connectivity index (χ0n) is 15.4. The predicted octanol–water partition coefficient (Wildman–Crippen LogP) is 3.54. The van der Waals surface area contributed by atoms with Crippen molar-refractivity contribution in [2.24, 2.45) is 0 Å². The molecule has 0 aromatic heterocycles. The maximum absolute atomic E-state index is 12.9. The summed E-state index contributed by atoms with van der Waals surface area (Å²) in [5.41, 5.74) is 0.0212. The van der Waals surface area contributed by atoms with E-state index in [1.54, 1.807) is 31.2 Å². The molecule has 0 radical (unpaired) electrons. The van der Waals surface area contributed by atoms with Crippen LogP contribution in [0.15, 0.2) is 70.6 Å². The van der Waals surface area contributed by atoms with Crippen molar-refractivity contribution in [3.63, 3.8) is 0 Å². The first kappa shape index (κ1) is 22.7. The monoisotopic (exact) mass is 482 g/mol. The van der Waals surface area contributed by atoms with Gasteiger partial charge in [0.1, 0.15) is 6.04 Å². The highest BCUT2D eigenvalue weighted by atomic mass is 79.9. The summed E-state index contributed by atoms with van der Waals surface area (Å²) >= 11 is 3.32. The van der Waals surface area contributed by atoms with Crippen molar-refractivity contribution < 1.29 is 22.9 Å². The molecule has 0 spiro atoms. The van der Waals surface area contributed by atoms with Crippen molar-refractivity contribution in [3.05, 3.63) is 81.3 Å². The Balaban J connectivity index is 2.50. The van der Waals surface area contributed by atoms with E-state index in [-0.39, 0.29) is 6.61 Å². The molecule has 0 bridgehead atoms. The molecule has 0 aliphatic carbocycles. The number of ether oxygens (including phenoxy) is 1. The summed E-state index contributed by atoms with van der Waals surface area (Å²) < 4.78 is 33.9. The van der Waals surface area contributed by atoms with E-state index >= 15 is 0 Å². The maximum atomic E-state index is 12.9. The predicted molar refractivity (Wildman–Crippen MR) is 111 cm³/mol. The van der Waals surface area contributed by atoms with Gasteiger partial charge in [-0.05, 0) is 30.7 Å². The lowest BCUT2D eigenvalue weighted by molar-refractivity contribution is -0.387. The molecule has 0 aliphatic rings. The van der Waals surface area contributed by atoms with Crippen LogP contribution in [0.3, 0.4) is 0 Å². The average Bonchev–Trinajstić information content (AvgIpc) is 2.69. The summed E-state index contributed by atoms with van der Waals surface area (Å²) in [4.78, 5) is 22.5. The number of sulfonamides is 1. The van der Waals surface area contributed by atoms with E-state index in [9.17, 15) is 23.3 Å². The van der Waals surface area contributed by atoms with Crippen LogP contribution in [0.2, 0.25) is 0 Å². The molecule has 0 saturated heterocycles. The van der Waals surface area contributed by atoms with E-state index in [1.807, 2.05) is 0 Å². The molecular weight excluding hydrogens is 464 g/mol. The average molecular weight is 483 g/mol. The summed E-state index contributed by atoms with van der Waals surface area (Å²) in [6.07, 6.45) is 1.42. The van der Waals surface area contributed by atoms with Crippen LogP contribution in [0.4, 0.5) is 5.69 Å². The van der Waals surface area contributed by atoms with E-state index in [2.05, 4.69) is 27.2 Å². The highest BCUT2D eigenvalue weighted by Gasteiger charge is 2.35. The lowest BCUT2D eigenvalue weighted by Gasteiger charge is -2.24. The molecule has 2 aromatic carbocycles. The number of nitrogens with zero attached hydrogens (tertiary/aromatic N) is 1. The van der Waals surface area contributed by atoms with Gasteiger partial charge in [-0.3, -0.25) is 14.9 Å². The third-order valence-corrected chi connectivity index (χ3v) is 6.06. The second-order valence-electron chi connectivity index (χ2n) is 5.89. The van der Waals surface area contributed by atoms with E-state index < -0.39 is 43.5 Å². The third-order valence-electron chi connectivity index (χ3n) is 4.04. The highest BCUT2D eigenvalue weighted by Crippen LogP contribution is 2.28. The first-order valence-corrected chi connectivity index (χ1v) is 10.8.